The van der Waals surface area contributed by atoms with E-state index in [-0.39, 0.29) is 36.0 Å². The van der Waals surface area contributed by atoms with Gasteiger partial charge >= 0.3 is 0 Å². The first kappa shape index (κ1) is 25.4. The highest BCUT2D eigenvalue weighted by molar-refractivity contribution is 7.72. The minimum atomic E-state index is -2.70. The van der Waals surface area contributed by atoms with E-state index >= 15 is 0 Å². The van der Waals surface area contributed by atoms with Gasteiger partial charge in [-0.15, -0.1) is 0 Å². The lowest BCUT2D eigenvalue weighted by molar-refractivity contribution is -0.148. The number of nitrogens with zero attached hydrogens (tertiary/aromatic N) is 6. The van der Waals surface area contributed by atoms with Gasteiger partial charge in [-0.25, -0.2) is 17.9 Å². The Morgan fingerprint density at radius 2 is 2.06 bits per heavy atom. The molecule has 0 aliphatic carbocycles. The molecule has 36 heavy (non-hydrogen) atoms. The van der Waals surface area contributed by atoms with Crippen molar-refractivity contribution in [3.63, 3.8) is 0 Å². The third-order valence-corrected chi connectivity index (χ3v) is 7.20. The highest BCUT2D eigenvalue weighted by Crippen LogP contribution is 2.37. The summed E-state index contributed by atoms with van der Waals surface area (Å²) in [6, 6.07) is 8.38. The molecule has 0 radical (unpaired) electrons. The van der Waals surface area contributed by atoms with Crippen molar-refractivity contribution >= 4 is 51.1 Å². The normalized spacial score (nSPS) is 17.6. The Morgan fingerprint density at radius 3 is 2.72 bits per heavy atom. The van der Waals surface area contributed by atoms with Gasteiger partial charge in [0.1, 0.15) is 34.2 Å². The number of carbonyl (C=O) groups excluding carboxylic acids is 2. The molecule has 2 N–H and O–H groups in total. The molecule has 1 saturated heterocycles. The van der Waals surface area contributed by atoms with Gasteiger partial charge in [-0.3, -0.25) is 9.59 Å². The summed E-state index contributed by atoms with van der Waals surface area (Å²) >= 11 is 6.38. The molecule has 0 saturated carbocycles. The van der Waals surface area contributed by atoms with Gasteiger partial charge in [-0.1, -0.05) is 17.7 Å². The van der Waals surface area contributed by atoms with E-state index in [1.165, 1.54) is 16.1 Å². The summed E-state index contributed by atoms with van der Waals surface area (Å²) in [5.41, 5.74) is 7.04. The number of piperazine rings is 1. The van der Waals surface area contributed by atoms with E-state index in [4.69, 9.17) is 17.3 Å². The summed E-state index contributed by atoms with van der Waals surface area (Å²) in [4.78, 5) is 33.4. The summed E-state index contributed by atoms with van der Waals surface area (Å²) in [7, 11) is -2.70. The molecule has 0 unspecified atom stereocenters. The Labute approximate surface area is 214 Å². The lowest BCUT2D eigenvalue weighted by atomic mass is 9.92. The molecule has 4 rings (SSSR count). The summed E-state index contributed by atoms with van der Waals surface area (Å²) in [5.74, 6) is -0.877. The van der Waals surface area contributed by atoms with Crippen LogP contribution in [0.4, 0.5) is 11.5 Å². The summed E-state index contributed by atoms with van der Waals surface area (Å²) in [6.45, 7) is 5.16. The van der Waals surface area contributed by atoms with Crippen LogP contribution in [0.2, 0.25) is 5.02 Å². The first-order valence-corrected chi connectivity index (χ1v) is 12.8. The average Bonchev–Trinajstić information content (AvgIpc) is 3.17. The van der Waals surface area contributed by atoms with Crippen LogP contribution in [0.15, 0.2) is 30.6 Å². The quantitative estimate of drug-likeness (QED) is 0.474. The van der Waals surface area contributed by atoms with E-state index in [1.807, 2.05) is 0 Å². The Balaban J connectivity index is 1.78. The van der Waals surface area contributed by atoms with E-state index in [9.17, 15) is 23.3 Å². The van der Waals surface area contributed by atoms with Gasteiger partial charge in [-0.05, 0) is 39.0 Å². The van der Waals surface area contributed by atoms with Gasteiger partial charge in [0.2, 0.25) is 5.91 Å². The van der Waals surface area contributed by atoms with E-state index < -0.39 is 28.2 Å². The summed E-state index contributed by atoms with van der Waals surface area (Å²) < 4.78 is 23.5. The molecule has 1 aliphatic heterocycles. The first-order chi connectivity index (χ1) is 17.0. The van der Waals surface area contributed by atoms with Crippen molar-refractivity contribution < 1.29 is 18.0 Å². The predicted octanol–water partition coefficient (Wildman–Crippen LogP) is 1.85. The molecule has 3 aromatic rings. The minimum absolute atomic E-state index is 0.173. The van der Waals surface area contributed by atoms with Crippen LogP contribution in [0.1, 0.15) is 32.8 Å². The zero-order chi connectivity index (χ0) is 26.4. The zero-order valence-corrected chi connectivity index (χ0v) is 21.5. The number of fused-ring (bicyclic) bond motifs is 1. The predicted molar refractivity (Wildman–Crippen MR) is 135 cm³/mol. The maximum absolute atomic E-state index is 13.7. The van der Waals surface area contributed by atoms with Crippen molar-refractivity contribution in [1.82, 2.24) is 19.5 Å². The number of aromatic nitrogens is 3. The first-order valence-electron chi connectivity index (χ1n) is 11.1. The summed E-state index contributed by atoms with van der Waals surface area (Å²) in [6.07, 6.45) is 1.11. The molecule has 1 aromatic carbocycles. The number of halogens is 1. The number of nitriles is 1. The Hall–Kier alpha value is -3.69. The topological polar surface area (TPSA) is 155 Å². The van der Waals surface area contributed by atoms with Gasteiger partial charge < -0.3 is 15.5 Å². The SMILES string of the molecule is C[C@H]1CN(C(=O)CC[SH](=O)=O)C(C)(C)C(=O)N1c1cc(-c2cc(Cl)c3c(N)ncnn23)ccc1C#N. The van der Waals surface area contributed by atoms with Gasteiger partial charge in [0.25, 0.3) is 5.91 Å². The molecule has 3 heterocycles. The van der Waals surface area contributed by atoms with Crippen molar-refractivity contribution in [3.8, 4) is 17.3 Å². The molecule has 188 valence electrons. The number of thiol groups is 1. The minimum Gasteiger partial charge on any atom is -0.382 e. The largest absolute Gasteiger partial charge is 0.382 e. The molecule has 2 aromatic heterocycles. The number of rotatable bonds is 5. The third kappa shape index (κ3) is 4.25. The summed E-state index contributed by atoms with van der Waals surface area (Å²) in [5, 5.41) is 14.4. The second-order valence-electron chi connectivity index (χ2n) is 9.02. The fourth-order valence-electron chi connectivity index (χ4n) is 4.48. The number of carbonyl (C=O) groups is 2. The van der Waals surface area contributed by atoms with Crippen LogP contribution in [0, 0.1) is 11.3 Å². The molecule has 1 aliphatic rings. The van der Waals surface area contributed by atoms with Crippen LogP contribution in [0.25, 0.3) is 16.8 Å². The van der Waals surface area contributed by atoms with Crippen molar-refractivity contribution in [3.05, 3.63) is 41.2 Å². The molecular weight excluding hydrogens is 506 g/mol. The molecule has 1 atom stereocenters. The Morgan fingerprint density at radius 1 is 1.33 bits per heavy atom. The van der Waals surface area contributed by atoms with Crippen LogP contribution >= 0.6 is 11.6 Å². The lowest BCUT2D eigenvalue weighted by Crippen LogP contribution is -2.68. The van der Waals surface area contributed by atoms with Gasteiger partial charge in [-0.2, -0.15) is 10.4 Å². The molecule has 11 nitrogen and oxygen atoms in total. The van der Waals surface area contributed by atoms with E-state index in [0.717, 1.165) is 0 Å². The van der Waals surface area contributed by atoms with E-state index in [1.54, 1.807) is 49.6 Å². The van der Waals surface area contributed by atoms with Crippen LogP contribution in [0.3, 0.4) is 0 Å². The standard InChI is InChI=1S/C23H24ClN7O4S/c1-13-11-29(19(32)6-7-36(34)35)23(2,3)22(33)30(13)17-8-14(4-5-15(17)10-25)18-9-16(24)20-21(26)27-12-28-31(18)20/h4-5,8-9,12-13,36H,6-7,11H2,1-3H3,(H2,26,27,28)/t13-/m0/s1. The number of hydrogen-bond donors (Lipinski definition) is 2. The van der Waals surface area contributed by atoms with Crippen LogP contribution in [-0.2, 0) is 20.3 Å². The third-order valence-electron chi connectivity index (χ3n) is 6.32. The second kappa shape index (κ2) is 9.40. The highest BCUT2D eigenvalue weighted by atomic mass is 35.5. The van der Waals surface area contributed by atoms with Crippen LogP contribution in [-0.4, -0.2) is 63.6 Å². The van der Waals surface area contributed by atoms with E-state index in [2.05, 4.69) is 16.2 Å². The van der Waals surface area contributed by atoms with Crippen molar-refractivity contribution in [2.45, 2.75) is 38.8 Å². The number of anilines is 2. The maximum atomic E-state index is 13.7. The fourth-order valence-corrected chi connectivity index (χ4v) is 5.13. The number of nitrogens with two attached hydrogens (primary N) is 1. The van der Waals surface area contributed by atoms with E-state index in [0.29, 0.717) is 27.5 Å². The smallest absolute Gasteiger partial charge is 0.252 e. The number of amides is 2. The van der Waals surface area contributed by atoms with Crippen LogP contribution < -0.4 is 10.6 Å². The molecule has 1 fully saturated rings. The van der Waals surface area contributed by atoms with Gasteiger partial charge in [0, 0.05) is 18.5 Å². The average molecular weight is 530 g/mol. The van der Waals surface area contributed by atoms with Crippen molar-refractivity contribution in [1.29, 1.82) is 5.26 Å². The Bertz CT molecular complexity index is 1500. The van der Waals surface area contributed by atoms with Gasteiger partial charge in [0.05, 0.1) is 33.8 Å². The molecule has 0 spiro atoms. The zero-order valence-electron chi connectivity index (χ0n) is 19.8. The maximum Gasteiger partial charge on any atom is 0.252 e. The molecule has 2 amide bonds. The molecule has 13 heteroatoms. The Kier molecular flexibility index (Phi) is 6.64. The monoisotopic (exact) mass is 529 g/mol. The van der Waals surface area contributed by atoms with Crippen LogP contribution in [0.5, 0.6) is 0 Å². The number of nitrogen functional groups attached to an aromatic ring is 1. The highest BCUT2D eigenvalue weighted by Gasteiger charge is 2.47. The number of hydrogen-bond acceptors (Lipinski definition) is 8. The number of benzene rings is 1. The molecule has 0 bridgehead atoms. The molecular formula is C23H24ClN7O4S. The second-order valence-corrected chi connectivity index (χ2v) is 10.5. The van der Waals surface area contributed by atoms with Crippen molar-refractivity contribution in [2.75, 3.05) is 22.9 Å². The van der Waals surface area contributed by atoms with Crippen molar-refractivity contribution in [2.24, 2.45) is 0 Å². The van der Waals surface area contributed by atoms with Gasteiger partial charge in [0.15, 0.2) is 5.82 Å². The lowest BCUT2D eigenvalue weighted by Gasteiger charge is -2.49. The fraction of sp³-hybridized carbons (Fsp3) is 0.348.